The van der Waals surface area contributed by atoms with Crippen molar-refractivity contribution in [3.63, 3.8) is 0 Å². The van der Waals surface area contributed by atoms with Crippen molar-refractivity contribution in [2.45, 2.75) is 38.8 Å². The number of hydrogen-bond acceptors (Lipinski definition) is 6. The molecule has 3 aromatic carbocycles. The van der Waals surface area contributed by atoms with E-state index in [0.29, 0.717) is 22.6 Å². The number of carbonyl (C=O) groups excluding carboxylic acids is 3. The van der Waals surface area contributed by atoms with Crippen molar-refractivity contribution in [2.75, 3.05) is 12.4 Å². The number of phenols is 1. The van der Waals surface area contributed by atoms with Gasteiger partial charge in [0.15, 0.2) is 6.04 Å². The van der Waals surface area contributed by atoms with Crippen LogP contribution in [0.2, 0.25) is 0 Å². The van der Waals surface area contributed by atoms with Crippen molar-refractivity contribution < 1.29 is 29.0 Å². The minimum absolute atomic E-state index is 0.0395. The van der Waals surface area contributed by atoms with Crippen molar-refractivity contribution >= 4 is 23.5 Å². The number of rotatable bonds is 8. The number of ether oxygens (including phenoxy) is 2. The van der Waals surface area contributed by atoms with Crippen molar-refractivity contribution in [1.82, 2.24) is 5.32 Å². The first kappa shape index (κ1) is 26.3. The Hall–Kier alpha value is -4.33. The zero-order valence-electron chi connectivity index (χ0n) is 20.7. The number of nitrogens with one attached hydrogen (secondary N) is 2. The standard InChI is InChI=1S/C28H30N2O6/c1-28(2,3)36-27(34)25(19-9-13-22(31)14-10-19)30-26(33)20-7-11-21(12-8-20)29-24(32)17-18-5-15-23(35-4)16-6-18/h5-16,25,31H,17H2,1-4H3,(H,29,32)(H,30,33). The van der Waals surface area contributed by atoms with Gasteiger partial charge in [-0.1, -0.05) is 24.3 Å². The molecule has 0 bridgehead atoms. The molecule has 8 heteroatoms. The van der Waals surface area contributed by atoms with Crippen molar-refractivity contribution in [3.05, 3.63) is 89.5 Å². The van der Waals surface area contributed by atoms with Crippen LogP contribution in [0.4, 0.5) is 5.69 Å². The highest BCUT2D eigenvalue weighted by Gasteiger charge is 2.28. The number of hydrogen-bond donors (Lipinski definition) is 3. The number of amides is 2. The summed E-state index contributed by atoms with van der Waals surface area (Å²) in [5.41, 5.74) is 1.40. The Morgan fingerprint density at radius 1 is 0.889 bits per heavy atom. The van der Waals surface area contributed by atoms with Gasteiger partial charge >= 0.3 is 5.97 Å². The monoisotopic (exact) mass is 490 g/mol. The zero-order chi connectivity index (χ0) is 26.3. The third-order valence-corrected chi connectivity index (χ3v) is 5.10. The van der Waals surface area contributed by atoms with Gasteiger partial charge in [-0.2, -0.15) is 0 Å². The molecule has 1 atom stereocenters. The van der Waals surface area contributed by atoms with Crippen LogP contribution in [0.5, 0.6) is 11.5 Å². The molecule has 0 spiro atoms. The fourth-order valence-electron chi connectivity index (χ4n) is 3.36. The maximum absolute atomic E-state index is 12.9. The molecule has 188 valence electrons. The van der Waals surface area contributed by atoms with Gasteiger partial charge in [-0.3, -0.25) is 9.59 Å². The van der Waals surface area contributed by atoms with Gasteiger partial charge < -0.3 is 25.2 Å². The Morgan fingerprint density at radius 3 is 2.06 bits per heavy atom. The molecule has 0 fully saturated rings. The second-order valence-electron chi connectivity index (χ2n) is 9.18. The first-order valence-electron chi connectivity index (χ1n) is 11.4. The van der Waals surface area contributed by atoms with Crippen LogP contribution in [-0.2, 0) is 20.7 Å². The Balaban J connectivity index is 1.66. The summed E-state index contributed by atoms with van der Waals surface area (Å²) in [6, 6.07) is 18.5. The summed E-state index contributed by atoms with van der Waals surface area (Å²) in [5, 5.41) is 15.1. The van der Waals surface area contributed by atoms with Crippen LogP contribution in [0.3, 0.4) is 0 Å². The van der Waals surface area contributed by atoms with E-state index in [2.05, 4.69) is 10.6 Å². The summed E-state index contributed by atoms with van der Waals surface area (Å²) >= 11 is 0. The predicted molar refractivity (Wildman–Crippen MR) is 136 cm³/mol. The molecular weight excluding hydrogens is 460 g/mol. The molecule has 3 aromatic rings. The number of methoxy groups -OCH3 is 1. The van der Waals surface area contributed by atoms with Gasteiger partial charge in [0, 0.05) is 11.3 Å². The number of esters is 1. The largest absolute Gasteiger partial charge is 0.508 e. The molecule has 0 heterocycles. The molecule has 8 nitrogen and oxygen atoms in total. The Labute approximate surface area is 210 Å². The number of anilines is 1. The van der Waals surface area contributed by atoms with Gasteiger partial charge in [0.25, 0.3) is 5.91 Å². The third kappa shape index (κ3) is 7.59. The van der Waals surface area contributed by atoms with Crippen molar-refractivity contribution in [1.29, 1.82) is 0 Å². The number of carbonyl (C=O) groups is 3. The summed E-state index contributed by atoms with van der Waals surface area (Å²) in [7, 11) is 1.58. The highest BCUT2D eigenvalue weighted by atomic mass is 16.6. The van der Waals surface area contributed by atoms with Crippen LogP contribution in [-0.4, -0.2) is 35.6 Å². The van der Waals surface area contributed by atoms with Gasteiger partial charge in [0.2, 0.25) is 5.91 Å². The molecule has 2 amide bonds. The molecule has 0 saturated carbocycles. The summed E-state index contributed by atoms with van der Waals surface area (Å²) in [5.74, 6) is -0.557. The van der Waals surface area contributed by atoms with Crippen LogP contribution in [0.25, 0.3) is 0 Å². The lowest BCUT2D eigenvalue weighted by Crippen LogP contribution is -2.38. The van der Waals surface area contributed by atoms with E-state index in [-0.39, 0.29) is 18.1 Å². The van der Waals surface area contributed by atoms with Gasteiger partial charge in [-0.25, -0.2) is 4.79 Å². The van der Waals surface area contributed by atoms with Gasteiger partial charge in [-0.15, -0.1) is 0 Å². The molecule has 0 radical (unpaired) electrons. The molecular formula is C28H30N2O6. The van der Waals surface area contributed by atoms with Crippen molar-refractivity contribution in [2.24, 2.45) is 0 Å². The fourth-order valence-corrected chi connectivity index (χ4v) is 3.36. The lowest BCUT2D eigenvalue weighted by Gasteiger charge is -2.25. The Morgan fingerprint density at radius 2 is 1.50 bits per heavy atom. The maximum atomic E-state index is 12.9. The highest BCUT2D eigenvalue weighted by Crippen LogP contribution is 2.22. The Kier molecular flexibility index (Phi) is 8.32. The minimum atomic E-state index is -1.07. The second-order valence-corrected chi connectivity index (χ2v) is 9.18. The van der Waals surface area contributed by atoms with Gasteiger partial charge in [0.1, 0.15) is 17.1 Å². The molecule has 0 aliphatic heterocycles. The summed E-state index contributed by atoms with van der Waals surface area (Å²) in [4.78, 5) is 38.1. The quantitative estimate of drug-likeness (QED) is 0.404. The van der Waals surface area contributed by atoms with E-state index in [1.807, 2.05) is 12.1 Å². The molecule has 0 aliphatic carbocycles. The normalized spacial score (nSPS) is 11.8. The first-order valence-corrected chi connectivity index (χ1v) is 11.4. The molecule has 0 saturated heterocycles. The first-order chi connectivity index (χ1) is 17.0. The van der Waals surface area contributed by atoms with E-state index in [4.69, 9.17) is 9.47 Å². The Bertz CT molecular complexity index is 1200. The van der Waals surface area contributed by atoms with E-state index in [1.165, 1.54) is 12.1 Å². The molecule has 0 aromatic heterocycles. The van der Waals surface area contributed by atoms with Crippen LogP contribution >= 0.6 is 0 Å². The van der Waals surface area contributed by atoms with E-state index in [9.17, 15) is 19.5 Å². The summed E-state index contributed by atoms with van der Waals surface area (Å²) < 4.78 is 10.6. The lowest BCUT2D eigenvalue weighted by molar-refractivity contribution is -0.157. The lowest BCUT2D eigenvalue weighted by atomic mass is 10.1. The van der Waals surface area contributed by atoms with E-state index >= 15 is 0 Å². The number of benzene rings is 3. The molecule has 36 heavy (non-hydrogen) atoms. The molecule has 0 aliphatic rings. The SMILES string of the molecule is COc1ccc(CC(=O)Nc2ccc(C(=O)NC(C(=O)OC(C)(C)C)c3ccc(O)cc3)cc2)cc1. The average molecular weight is 491 g/mol. The molecule has 3 rings (SSSR count). The highest BCUT2D eigenvalue weighted by molar-refractivity contribution is 5.98. The molecule has 3 N–H and O–H groups in total. The number of phenolic OH excluding ortho intramolecular Hbond substituents is 1. The fraction of sp³-hybridized carbons (Fsp3) is 0.250. The van der Waals surface area contributed by atoms with Gasteiger partial charge in [0.05, 0.1) is 13.5 Å². The minimum Gasteiger partial charge on any atom is -0.508 e. The topological polar surface area (TPSA) is 114 Å². The van der Waals surface area contributed by atoms with E-state index in [0.717, 1.165) is 5.56 Å². The van der Waals surface area contributed by atoms with Crippen molar-refractivity contribution in [3.8, 4) is 11.5 Å². The van der Waals surface area contributed by atoms with E-state index < -0.39 is 23.5 Å². The predicted octanol–water partition coefficient (Wildman–Crippen LogP) is 4.39. The van der Waals surface area contributed by atoms with E-state index in [1.54, 1.807) is 76.4 Å². The summed E-state index contributed by atoms with van der Waals surface area (Å²) in [6.45, 7) is 5.22. The molecule has 1 unspecified atom stereocenters. The van der Waals surface area contributed by atoms with Crippen LogP contribution in [0.1, 0.15) is 48.3 Å². The van der Waals surface area contributed by atoms with Crippen LogP contribution in [0, 0.1) is 0 Å². The summed E-state index contributed by atoms with van der Waals surface area (Å²) in [6.07, 6.45) is 0.191. The average Bonchev–Trinajstić information content (AvgIpc) is 2.83. The number of aromatic hydroxyl groups is 1. The van der Waals surface area contributed by atoms with Crippen LogP contribution in [0.15, 0.2) is 72.8 Å². The zero-order valence-corrected chi connectivity index (χ0v) is 20.7. The smallest absolute Gasteiger partial charge is 0.333 e. The van der Waals surface area contributed by atoms with Gasteiger partial charge in [-0.05, 0) is 80.4 Å². The third-order valence-electron chi connectivity index (χ3n) is 5.10. The second kappa shape index (κ2) is 11.4. The van der Waals surface area contributed by atoms with Crippen LogP contribution < -0.4 is 15.4 Å². The maximum Gasteiger partial charge on any atom is 0.333 e.